The summed E-state index contributed by atoms with van der Waals surface area (Å²) in [5, 5.41) is 4.89. The van der Waals surface area contributed by atoms with Crippen LogP contribution in [0.4, 0.5) is 0 Å². The van der Waals surface area contributed by atoms with E-state index in [0.29, 0.717) is 30.3 Å². The maximum atomic E-state index is 12.8. The van der Waals surface area contributed by atoms with Gasteiger partial charge in [-0.05, 0) is 74.3 Å². The molecule has 4 rings (SSSR count). The van der Waals surface area contributed by atoms with Gasteiger partial charge in [0, 0.05) is 29.6 Å². The summed E-state index contributed by atoms with van der Waals surface area (Å²) in [7, 11) is 0. The first-order valence-corrected chi connectivity index (χ1v) is 10.7. The molecule has 2 N–H and O–H groups in total. The fourth-order valence-corrected chi connectivity index (χ4v) is 4.19. The van der Waals surface area contributed by atoms with E-state index < -0.39 is 0 Å². The number of hydrogen-bond donors (Lipinski definition) is 2. The molecule has 0 spiro atoms. The number of ether oxygens (including phenoxy) is 1. The van der Waals surface area contributed by atoms with E-state index in [2.05, 4.69) is 23.3 Å². The quantitative estimate of drug-likeness (QED) is 0.586. The van der Waals surface area contributed by atoms with Crippen LogP contribution in [-0.4, -0.2) is 34.3 Å². The van der Waals surface area contributed by atoms with Gasteiger partial charge in [0.1, 0.15) is 5.76 Å². The Morgan fingerprint density at radius 1 is 1.33 bits per heavy atom. The molecular formula is C23H27N3O3S. The number of nitrogens with zero attached hydrogens (tertiary/aromatic N) is 1. The predicted molar refractivity (Wildman–Crippen MR) is 122 cm³/mol. The zero-order chi connectivity index (χ0) is 21.1. The molecule has 1 atom stereocenters. The van der Waals surface area contributed by atoms with Gasteiger partial charge in [0.15, 0.2) is 5.11 Å². The van der Waals surface area contributed by atoms with Crippen molar-refractivity contribution in [2.75, 3.05) is 13.2 Å². The van der Waals surface area contributed by atoms with Crippen LogP contribution < -0.4 is 10.9 Å². The fourth-order valence-electron chi connectivity index (χ4n) is 3.98. The van der Waals surface area contributed by atoms with E-state index in [0.717, 1.165) is 47.2 Å². The molecule has 2 aromatic heterocycles. The molecule has 7 heteroatoms. The minimum Gasteiger partial charge on any atom is -0.467 e. The summed E-state index contributed by atoms with van der Waals surface area (Å²) in [5.74, 6) is 0.809. The molecule has 3 aromatic rings. The average molecular weight is 426 g/mol. The highest BCUT2D eigenvalue weighted by atomic mass is 32.1. The second kappa shape index (κ2) is 9.02. The number of fused-ring (bicyclic) bond motifs is 1. The highest BCUT2D eigenvalue weighted by Gasteiger charge is 2.22. The number of furan rings is 1. The standard InChI is InChI=1S/C23H27N3O3S/c1-15-9-16(2)20-11-17(22(27)25-21(20)10-15)13-26(14-19-6-4-8-29-19)23(30)24-12-18-5-3-7-28-18/h3,5,7,9-11,19H,4,6,8,12-14H2,1-2H3,(H,24,30)(H,25,27)/t19-/m1/s1. The van der Waals surface area contributed by atoms with E-state index in [1.807, 2.05) is 36.1 Å². The van der Waals surface area contributed by atoms with Crippen LogP contribution in [0.15, 0.2) is 45.8 Å². The SMILES string of the molecule is Cc1cc(C)c2cc(CN(C[C@H]3CCCO3)C(=S)NCc3ccco3)c(=O)[nH]c2c1. The summed E-state index contributed by atoms with van der Waals surface area (Å²) in [6.45, 7) is 6.44. The van der Waals surface area contributed by atoms with Gasteiger partial charge in [0.25, 0.3) is 5.56 Å². The van der Waals surface area contributed by atoms with Crippen molar-refractivity contribution in [3.8, 4) is 0 Å². The van der Waals surface area contributed by atoms with E-state index in [1.165, 1.54) is 0 Å². The second-order valence-electron chi connectivity index (χ2n) is 7.92. The summed E-state index contributed by atoms with van der Waals surface area (Å²) < 4.78 is 11.2. The third kappa shape index (κ3) is 4.74. The van der Waals surface area contributed by atoms with Crippen LogP contribution in [0.25, 0.3) is 10.9 Å². The molecule has 1 fully saturated rings. The van der Waals surface area contributed by atoms with Gasteiger partial charge >= 0.3 is 0 Å². The van der Waals surface area contributed by atoms with Crippen LogP contribution in [0.3, 0.4) is 0 Å². The molecule has 1 aliphatic rings. The topological polar surface area (TPSA) is 70.5 Å². The normalized spacial score (nSPS) is 16.1. The Kier molecular flexibility index (Phi) is 6.20. The summed E-state index contributed by atoms with van der Waals surface area (Å²) in [6, 6.07) is 9.87. The van der Waals surface area contributed by atoms with Crippen LogP contribution >= 0.6 is 12.2 Å². The fraction of sp³-hybridized carbons (Fsp3) is 0.391. The Morgan fingerprint density at radius 3 is 2.93 bits per heavy atom. The van der Waals surface area contributed by atoms with Crippen molar-refractivity contribution < 1.29 is 9.15 Å². The number of aromatic nitrogens is 1. The van der Waals surface area contributed by atoms with Gasteiger partial charge in [-0.15, -0.1) is 0 Å². The third-order valence-electron chi connectivity index (χ3n) is 5.48. The van der Waals surface area contributed by atoms with Crippen LogP contribution in [0, 0.1) is 13.8 Å². The number of pyridine rings is 1. The van der Waals surface area contributed by atoms with E-state index >= 15 is 0 Å². The van der Waals surface area contributed by atoms with Gasteiger partial charge in [0.2, 0.25) is 0 Å². The van der Waals surface area contributed by atoms with Gasteiger partial charge < -0.3 is 24.4 Å². The van der Waals surface area contributed by atoms with Crippen molar-refractivity contribution in [1.29, 1.82) is 0 Å². The number of H-pyrrole nitrogens is 1. The largest absolute Gasteiger partial charge is 0.467 e. The summed E-state index contributed by atoms with van der Waals surface area (Å²) in [5.41, 5.74) is 3.75. The zero-order valence-electron chi connectivity index (χ0n) is 17.4. The van der Waals surface area contributed by atoms with Gasteiger partial charge in [0.05, 0.1) is 25.5 Å². The number of hydrogen-bond acceptors (Lipinski definition) is 4. The van der Waals surface area contributed by atoms with Gasteiger partial charge in [-0.2, -0.15) is 0 Å². The number of benzene rings is 1. The maximum Gasteiger partial charge on any atom is 0.253 e. The molecular weight excluding hydrogens is 398 g/mol. The molecule has 0 amide bonds. The minimum atomic E-state index is -0.0846. The first-order valence-electron chi connectivity index (χ1n) is 10.3. The number of rotatable bonds is 6. The van der Waals surface area contributed by atoms with E-state index in [-0.39, 0.29) is 11.7 Å². The number of aryl methyl sites for hydroxylation is 2. The monoisotopic (exact) mass is 425 g/mol. The molecule has 158 valence electrons. The van der Waals surface area contributed by atoms with E-state index in [4.69, 9.17) is 21.4 Å². The van der Waals surface area contributed by atoms with Crippen molar-refractivity contribution in [2.45, 2.75) is 45.9 Å². The van der Waals surface area contributed by atoms with Gasteiger partial charge in [-0.25, -0.2) is 0 Å². The molecule has 6 nitrogen and oxygen atoms in total. The highest BCUT2D eigenvalue weighted by molar-refractivity contribution is 7.80. The molecule has 1 aliphatic heterocycles. The lowest BCUT2D eigenvalue weighted by molar-refractivity contribution is 0.0896. The van der Waals surface area contributed by atoms with E-state index in [9.17, 15) is 4.79 Å². The summed E-state index contributed by atoms with van der Waals surface area (Å²) in [4.78, 5) is 17.9. The lowest BCUT2D eigenvalue weighted by atomic mass is 10.0. The molecule has 1 aromatic carbocycles. The Hall–Kier alpha value is -2.64. The number of nitrogens with one attached hydrogen (secondary N) is 2. The Balaban J connectivity index is 1.57. The van der Waals surface area contributed by atoms with Crippen LogP contribution in [-0.2, 0) is 17.8 Å². The minimum absolute atomic E-state index is 0.0846. The van der Waals surface area contributed by atoms with Crippen molar-refractivity contribution in [1.82, 2.24) is 15.2 Å². The van der Waals surface area contributed by atoms with Gasteiger partial charge in [-0.1, -0.05) is 6.07 Å². The first-order chi connectivity index (χ1) is 14.5. The Labute approximate surface area is 181 Å². The number of thiocarbonyl (C=S) groups is 1. The van der Waals surface area contributed by atoms with E-state index in [1.54, 1.807) is 6.26 Å². The third-order valence-corrected chi connectivity index (χ3v) is 5.88. The van der Waals surface area contributed by atoms with Crippen molar-refractivity contribution in [2.24, 2.45) is 0 Å². The van der Waals surface area contributed by atoms with Crippen LogP contribution in [0.5, 0.6) is 0 Å². The van der Waals surface area contributed by atoms with Crippen LogP contribution in [0.1, 0.15) is 35.3 Å². The van der Waals surface area contributed by atoms with Crippen LogP contribution in [0.2, 0.25) is 0 Å². The molecule has 0 aliphatic carbocycles. The molecule has 0 radical (unpaired) electrons. The average Bonchev–Trinajstić information content (AvgIpc) is 3.40. The van der Waals surface area contributed by atoms with Crippen molar-refractivity contribution in [3.05, 3.63) is 69.4 Å². The zero-order valence-corrected chi connectivity index (χ0v) is 18.2. The van der Waals surface area contributed by atoms with Gasteiger partial charge in [-0.3, -0.25) is 4.79 Å². The lowest BCUT2D eigenvalue weighted by Crippen LogP contribution is -2.43. The molecule has 0 saturated carbocycles. The predicted octanol–water partition coefficient (Wildman–Crippen LogP) is 3.79. The highest BCUT2D eigenvalue weighted by Crippen LogP contribution is 2.20. The summed E-state index contributed by atoms with van der Waals surface area (Å²) in [6.07, 6.45) is 3.82. The lowest BCUT2D eigenvalue weighted by Gasteiger charge is -2.28. The first kappa shape index (κ1) is 20.6. The van der Waals surface area contributed by atoms with Crippen molar-refractivity contribution >= 4 is 28.2 Å². The van der Waals surface area contributed by atoms with Crippen molar-refractivity contribution in [3.63, 3.8) is 0 Å². The Morgan fingerprint density at radius 2 is 2.20 bits per heavy atom. The molecule has 3 heterocycles. The maximum absolute atomic E-state index is 12.8. The molecule has 0 unspecified atom stereocenters. The second-order valence-corrected chi connectivity index (χ2v) is 8.31. The molecule has 0 bridgehead atoms. The smallest absolute Gasteiger partial charge is 0.253 e. The summed E-state index contributed by atoms with van der Waals surface area (Å²) >= 11 is 5.67. The molecule has 1 saturated heterocycles. The number of aromatic amines is 1. The Bertz CT molecular complexity index is 1090. The molecule has 30 heavy (non-hydrogen) atoms.